The topological polar surface area (TPSA) is 50.3 Å². The van der Waals surface area contributed by atoms with Gasteiger partial charge in [-0.2, -0.15) is 0 Å². The van der Waals surface area contributed by atoms with Crippen LogP contribution in [0.1, 0.15) is 51.4 Å². The van der Waals surface area contributed by atoms with E-state index in [0.29, 0.717) is 5.92 Å². The van der Waals surface area contributed by atoms with Crippen molar-refractivity contribution in [1.82, 2.24) is 9.97 Å². The molecule has 21 heavy (non-hydrogen) atoms. The average Bonchev–Trinajstić information content (AvgIpc) is 2.46. The molecule has 0 amide bonds. The molecule has 5 nitrogen and oxygen atoms in total. The van der Waals surface area contributed by atoms with Crippen molar-refractivity contribution in [1.29, 1.82) is 0 Å². The summed E-state index contributed by atoms with van der Waals surface area (Å²) < 4.78 is 5.64. The van der Waals surface area contributed by atoms with Crippen LogP contribution in [0, 0.1) is 6.92 Å². The zero-order valence-electron chi connectivity index (χ0n) is 13.9. The van der Waals surface area contributed by atoms with Crippen LogP contribution in [0.2, 0.25) is 0 Å². The Morgan fingerprint density at radius 2 is 2.14 bits per heavy atom. The maximum absolute atomic E-state index is 5.64. The van der Waals surface area contributed by atoms with E-state index < -0.39 is 0 Å². The lowest BCUT2D eigenvalue weighted by Crippen LogP contribution is -2.42. The zero-order valence-corrected chi connectivity index (χ0v) is 13.9. The fourth-order valence-corrected chi connectivity index (χ4v) is 2.51. The summed E-state index contributed by atoms with van der Waals surface area (Å²) in [6.45, 7) is 14.2. The summed E-state index contributed by atoms with van der Waals surface area (Å²) in [7, 11) is 0. The van der Waals surface area contributed by atoms with Gasteiger partial charge in [0.25, 0.3) is 0 Å². The summed E-state index contributed by atoms with van der Waals surface area (Å²) >= 11 is 0. The monoisotopic (exact) mass is 292 g/mol. The third-order valence-corrected chi connectivity index (χ3v) is 3.74. The quantitative estimate of drug-likeness (QED) is 0.904. The van der Waals surface area contributed by atoms with Gasteiger partial charge in [-0.1, -0.05) is 20.8 Å². The molecule has 0 aromatic carbocycles. The lowest BCUT2D eigenvalue weighted by atomic mass is 10.2. The van der Waals surface area contributed by atoms with Crippen LogP contribution < -0.4 is 10.2 Å². The highest BCUT2D eigenvalue weighted by Gasteiger charge is 2.22. The van der Waals surface area contributed by atoms with E-state index in [0.717, 1.165) is 55.7 Å². The first-order valence-electron chi connectivity index (χ1n) is 8.01. The Bertz CT molecular complexity index is 476. The maximum atomic E-state index is 5.64. The SMILES string of the molecule is CCCNc1nc(C(C)C)nc(N2CCOC(C)C2)c1C. The molecule has 0 saturated carbocycles. The fourth-order valence-electron chi connectivity index (χ4n) is 2.51. The summed E-state index contributed by atoms with van der Waals surface area (Å²) in [6.07, 6.45) is 1.34. The van der Waals surface area contributed by atoms with Crippen molar-refractivity contribution < 1.29 is 4.74 Å². The van der Waals surface area contributed by atoms with E-state index in [1.807, 2.05) is 0 Å². The van der Waals surface area contributed by atoms with Crippen LogP contribution in [0.3, 0.4) is 0 Å². The summed E-state index contributed by atoms with van der Waals surface area (Å²) in [5, 5.41) is 3.44. The van der Waals surface area contributed by atoms with Crippen LogP contribution in [0.5, 0.6) is 0 Å². The number of hydrogen-bond donors (Lipinski definition) is 1. The Morgan fingerprint density at radius 1 is 1.38 bits per heavy atom. The Hall–Kier alpha value is -1.36. The van der Waals surface area contributed by atoms with E-state index >= 15 is 0 Å². The smallest absolute Gasteiger partial charge is 0.137 e. The highest BCUT2D eigenvalue weighted by atomic mass is 16.5. The maximum Gasteiger partial charge on any atom is 0.137 e. The molecule has 1 saturated heterocycles. The molecule has 1 aromatic heterocycles. The predicted octanol–water partition coefficient (Wildman–Crippen LogP) is 2.96. The first-order chi connectivity index (χ1) is 10.0. The Labute approximate surface area is 128 Å². The van der Waals surface area contributed by atoms with Crippen LogP contribution in [0.15, 0.2) is 0 Å². The van der Waals surface area contributed by atoms with E-state index in [2.05, 4.69) is 44.8 Å². The Balaban J connectivity index is 2.35. The minimum Gasteiger partial charge on any atom is -0.375 e. The minimum absolute atomic E-state index is 0.252. The highest BCUT2D eigenvalue weighted by Crippen LogP contribution is 2.27. The van der Waals surface area contributed by atoms with E-state index in [-0.39, 0.29) is 6.10 Å². The van der Waals surface area contributed by atoms with Gasteiger partial charge < -0.3 is 15.0 Å². The molecule has 2 heterocycles. The van der Waals surface area contributed by atoms with Crippen LogP contribution in [0.4, 0.5) is 11.6 Å². The number of hydrogen-bond acceptors (Lipinski definition) is 5. The van der Waals surface area contributed by atoms with Crippen molar-refractivity contribution in [3.8, 4) is 0 Å². The van der Waals surface area contributed by atoms with E-state index in [4.69, 9.17) is 14.7 Å². The Kier molecular flexibility index (Phi) is 5.39. The van der Waals surface area contributed by atoms with E-state index in [1.54, 1.807) is 0 Å². The van der Waals surface area contributed by atoms with Crippen molar-refractivity contribution in [3.63, 3.8) is 0 Å². The lowest BCUT2D eigenvalue weighted by molar-refractivity contribution is 0.0529. The molecule has 0 bridgehead atoms. The second kappa shape index (κ2) is 7.07. The third kappa shape index (κ3) is 3.84. The first kappa shape index (κ1) is 16.0. The summed E-state index contributed by atoms with van der Waals surface area (Å²) in [4.78, 5) is 11.8. The molecule has 1 aliphatic rings. The molecule has 118 valence electrons. The fraction of sp³-hybridized carbons (Fsp3) is 0.750. The predicted molar refractivity (Wildman–Crippen MR) is 87.3 cm³/mol. The Morgan fingerprint density at radius 3 is 2.76 bits per heavy atom. The molecule has 0 spiro atoms. The van der Waals surface area contributed by atoms with Crippen LogP contribution >= 0.6 is 0 Å². The first-order valence-corrected chi connectivity index (χ1v) is 8.01. The molecule has 1 aromatic rings. The highest BCUT2D eigenvalue weighted by molar-refractivity contribution is 5.59. The number of aromatic nitrogens is 2. The van der Waals surface area contributed by atoms with Crippen LogP contribution in [0.25, 0.3) is 0 Å². The van der Waals surface area contributed by atoms with E-state index in [1.165, 1.54) is 0 Å². The van der Waals surface area contributed by atoms with Gasteiger partial charge in [-0.15, -0.1) is 0 Å². The number of morpholine rings is 1. The molecule has 1 aliphatic heterocycles. The number of nitrogens with zero attached hydrogens (tertiary/aromatic N) is 3. The van der Waals surface area contributed by atoms with Gasteiger partial charge in [-0.05, 0) is 20.3 Å². The molecule has 1 atom stereocenters. The molecule has 0 aliphatic carbocycles. The zero-order chi connectivity index (χ0) is 15.4. The van der Waals surface area contributed by atoms with Crippen LogP contribution in [-0.2, 0) is 4.74 Å². The molecular formula is C16H28N4O. The largest absolute Gasteiger partial charge is 0.375 e. The third-order valence-electron chi connectivity index (χ3n) is 3.74. The van der Waals surface area contributed by atoms with Crippen molar-refractivity contribution in [3.05, 3.63) is 11.4 Å². The molecule has 2 rings (SSSR count). The summed E-state index contributed by atoms with van der Waals surface area (Å²) in [5.74, 6) is 3.27. The van der Waals surface area contributed by atoms with Crippen molar-refractivity contribution in [2.45, 2.75) is 53.1 Å². The van der Waals surface area contributed by atoms with Gasteiger partial charge in [0.2, 0.25) is 0 Å². The average molecular weight is 292 g/mol. The van der Waals surface area contributed by atoms with Crippen molar-refractivity contribution >= 4 is 11.6 Å². The molecule has 5 heteroatoms. The van der Waals surface area contributed by atoms with Gasteiger partial charge in [0, 0.05) is 31.1 Å². The van der Waals surface area contributed by atoms with Gasteiger partial charge in [-0.3, -0.25) is 0 Å². The molecule has 0 radical (unpaired) electrons. The minimum atomic E-state index is 0.252. The number of nitrogens with one attached hydrogen (secondary N) is 1. The summed E-state index contributed by atoms with van der Waals surface area (Å²) in [5.41, 5.74) is 1.14. The van der Waals surface area contributed by atoms with Gasteiger partial charge in [-0.25, -0.2) is 9.97 Å². The number of anilines is 2. The van der Waals surface area contributed by atoms with Gasteiger partial charge in [0.05, 0.1) is 12.7 Å². The lowest BCUT2D eigenvalue weighted by Gasteiger charge is -2.33. The van der Waals surface area contributed by atoms with Gasteiger partial charge >= 0.3 is 0 Å². The number of rotatable bonds is 5. The molecule has 1 unspecified atom stereocenters. The summed E-state index contributed by atoms with van der Waals surface area (Å²) in [6, 6.07) is 0. The van der Waals surface area contributed by atoms with Crippen LogP contribution in [-0.4, -0.2) is 42.3 Å². The molecule has 1 N–H and O–H groups in total. The van der Waals surface area contributed by atoms with Gasteiger partial charge in [0.1, 0.15) is 17.5 Å². The second-order valence-corrected chi connectivity index (χ2v) is 6.09. The molecule has 1 fully saturated rings. The van der Waals surface area contributed by atoms with E-state index in [9.17, 15) is 0 Å². The normalized spacial score (nSPS) is 19.1. The molecular weight excluding hydrogens is 264 g/mol. The van der Waals surface area contributed by atoms with Crippen molar-refractivity contribution in [2.24, 2.45) is 0 Å². The van der Waals surface area contributed by atoms with Gasteiger partial charge in [0.15, 0.2) is 0 Å². The standard InChI is InChI=1S/C16H28N4O/c1-6-7-17-15-13(5)16(19-14(18-15)11(2)3)20-8-9-21-12(4)10-20/h11-12H,6-10H2,1-5H3,(H,17,18,19). The van der Waals surface area contributed by atoms with Crippen molar-refractivity contribution in [2.75, 3.05) is 36.5 Å². The number of ether oxygens (including phenoxy) is 1. The second-order valence-electron chi connectivity index (χ2n) is 6.09.